The molecule has 0 aliphatic carbocycles. The Kier molecular flexibility index (Phi) is 4.72. The van der Waals surface area contributed by atoms with Crippen molar-refractivity contribution in [3.63, 3.8) is 0 Å². The van der Waals surface area contributed by atoms with E-state index in [1.807, 2.05) is 0 Å². The van der Waals surface area contributed by atoms with E-state index in [1.165, 1.54) is 42.5 Å². The molecule has 2 aromatic rings. The molecule has 1 N–H and O–H groups in total. The molecule has 0 aliphatic heterocycles. The number of amides is 1. The zero-order valence-corrected chi connectivity index (χ0v) is 13.4. The van der Waals surface area contributed by atoms with Gasteiger partial charge in [-0.1, -0.05) is 17.7 Å². The van der Waals surface area contributed by atoms with Gasteiger partial charge in [0.1, 0.15) is 0 Å². The molecule has 0 heterocycles. The van der Waals surface area contributed by atoms with Crippen molar-refractivity contribution < 1.29 is 23.1 Å². The van der Waals surface area contributed by atoms with Gasteiger partial charge in [-0.15, -0.1) is 0 Å². The fraction of sp³-hybridized carbons (Fsp3) is 0.0667. The van der Waals surface area contributed by atoms with E-state index in [0.29, 0.717) is 0 Å². The van der Waals surface area contributed by atoms with Crippen LogP contribution in [0.25, 0.3) is 0 Å². The average Bonchev–Trinajstić information content (AvgIpc) is 2.48. The van der Waals surface area contributed by atoms with Gasteiger partial charge in [-0.3, -0.25) is 4.79 Å². The maximum Gasteiger partial charge on any atom is 0.255 e. The monoisotopic (exact) mass is 352 g/mol. The molecule has 6 nitrogen and oxygen atoms in total. The Hall–Kier alpha value is -2.38. The highest BCUT2D eigenvalue weighted by atomic mass is 35.5. The van der Waals surface area contributed by atoms with Gasteiger partial charge in [0.15, 0.2) is 9.84 Å². The van der Waals surface area contributed by atoms with Gasteiger partial charge in [-0.05, 0) is 42.0 Å². The molecule has 0 atom stereocenters. The molecular formula is C15H11ClNO5S-. The van der Waals surface area contributed by atoms with Gasteiger partial charge in [0.2, 0.25) is 0 Å². The molecule has 0 aliphatic rings. The van der Waals surface area contributed by atoms with Crippen molar-refractivity contribution in [3.8, 4) is 0 Å². The summed E-state index contributed by atoms with van der Waals surface area (Å²) in [6.45, 7) is 0. The van der Waals surface area contributed by atoms with Crippen molar-refractivity contribution in [3.05, 3.63) is 58.6 Å². The summed E-state index contributed by atoms with van der Waals surface area (Å²) in [4.78, 5) is 23.0. The molecule has 1 amide bonds. The minimum absolute atomic E-state index is 0.0889. The number of carboxylic acid groups (broad SMARTS) is 1. The summed E-state index contributed by atoms with van der Waals surface area (Å²) in [7, 11) is -3.35. The Morgan fingerprint density at radius 1 is 1.04 bits per heavy atom. The number of anilines is 1. The number of nitrogens with one attached hydrogen (secondary N) is 1. The van der Waals surface area contributed by atoms with E-state index in [-0.39, 0.29) is 26.7 Å². The van der Waals surface area contributed by atoms with E-state index in [2.05, 4.69) is 5.32 Å². The summed E-state index contributed by atoms with van der Waals surface area (Å²) < 4.78 is 22.7. The zero-order chi connectivity index (χ0) is 17.2. The van der Waals surface area contributed by atoms with Gasteiger partial charge in [0.25, 0.3) is 5.91 Å². The summed E-state index contributed by atoms with van der Waals surface area (Å²) in [5, 5.41) is 13.5. The highest BCUT2D eigenvalue weighted by Crippen LogP contribution is 2.23. The second-order valence-electron chi connectivity index (χ2n) is 4.73. The largest absolute Gasteiger partial charge is 0.545 e. The number of carboxylic acids is 1. The summed E-state index contributed by atoms with van der Waals surface area (Å²) in [5.41, 5.74) is 0.190. The minimum atomic E-state index is -3.35. The van der Waals surface area contributed by atoms with Crippen molar-refractivity contribution in [1.82, 2.24) is 0 Å². The number of halogens is 1. The molecule has 8 heteroatoms. The highest BCUT2D eigenvalue weighted by Gasteiger charge is 2.12. The van der Waals surface area contributed by atoms with E-state index < -0.39 is 21.7 Å². The molecule has 0 saturated carbocycles. The smallest absolute Gasteiger partial charge is 0.255 e. The molecule has 0 radical (unpaired) electrons. The fourth-order valence-corrected chi connectivity index (χ4v) is 2.59. The lowest BCUT2D eigenvalue weighted by Gasteiger charge is -2.10. The number of aromatic carboxylic acids is 1. The maximum absolute atomic E-state index is 12.1. The first-order chi connectivity index (χ1) is 10.7. The Morgan fingerprint density at radius 2 is 1.61 bits per heavy atom. The number of sulfone groups is 1. The molecule has 0 aromatic heterocycles. The molecule has 0 unspecified atom stereocenters. The van der Waals surface area contributed by atoms with Gasteiger partial charge in [0, 0.05) is 11.8 Å². The minimum Gasteiger partial charge on any atom is -0.545 e. The third kappa shape index (κ3) is 4.08. The number of rotatable bonds is 4. The Balaban J connectivity index is 2.26. The van der Waals surface area contributed by atoms with Gasteiger partial charge in [0.05, 0.1) is 21.6 Å². The van der Waals surface area contributed by atoms with Crippen LogP contribution in [0.2, 0.25) is 5.02 Å². The summed E-state index contributed by atoms with van der Waals surface area (Å²) in [5.74, 6) is -1.95. The van der Waals surface area contributed by atoms with Gasteiger partial charge in [-0.25, -0.2) is 8.42 Å². The Morgan fingerprint density at radius 3 is 2.13 bits per heavy atom. The summed E-state index contributed by atoms with van der Waals surface area (Å²) in [6.07, 6.45) is 1.06. The van der Waals surface area contributed by atoms with Gasteiger partial charge in [-0.2, -0.15) is 0 Å². The molecular weight excluding hydrogens is 342 g/mol. The second kappa shape index (κ2) is 6.39. The van der Waals surface area contributed by atoms with Crippen LogP contribution >= 0.6 is 11.6 Å². The van der Waals surface area contributed by atoms with Crippen LogP contribution in [0.5, 0.6) is 0 Å². The lowest BCUT2D eigenvalue weighted by Crippen LogP contribution is -2.22. The first-order valence-electron chi connectivity index (χ1n) is 6.31. The van der Waals surface area contributed by atoms with Crippen LogP contribution in [-0.4, -0.2) is 26.6 Å². The maximum atomic E-state index is 12.1. The predicted molar refractivity (Wildman–Crippen MR) is 83.3 cm³/mol. The van der Waals surface area contributed by atoms with Crippen molar-refractivity contribution in [1.29, 1.82) is 0 Å². The van der Waals surface area contributed by atoms with Crippen molar-refractivity contribution in [2.75, 3.05) is 11.6 Å². The number of hydrogen-bond acceptors (Lipinski definition) is 5. The van der Waals surface area contributed by atoms with Crippen LogP contribution in [0.1, 0.15) is 20.7 Å². The van der Waals surface area contributed by atoms with Crippen LogP contribution in [-0.2, 0) is 9.84 Å². The SMILES string of the molecule is CS(=O)(=O)c1ccc(C(=O)Nc2cc(C(=O)[O-])ccc2Cl)cc1. The fourth-order valence-electron chi connectivity index (χ4n) is 1.80. The topological polar surface area (TPSA) is 103 Å². The van der Waals surface area contributed by atoms with Crippen LogP contribution in [0.3, 0.4) is 0 Å². The first-order valence-corrected chi connectivity index (χ1v) is 8.58. The first kappa shape index (κ1) is 17.0. The number of benzene rings is 2. The zero-order valence-electron chi connectivity index (χ0n) is 11.9. The van der Waals surface area contributed by atoms with Crippen LogP contribution in [0, 0.1) is 0 Å². The highest BCUT2D eigenvalue weighted by molar-refractivity contribution is 7.90. The average molecular weight is 353 g/mol. The second-order valence-corrected chi connectivity index (χ2v) is 7.16. The van der Waals surface area contributed by atoms with Crippen molar-refractivity contribution in [2.45, 2.75) is 4.90 Å². The van der Waals surface area contributed by atoms with E-state index in [0.717, 1.165) is 6.26 Å². The molecule has 0 fully saturated rings. The van der Waals surface area contributed by atoms with Crippen LogP contribution < -0.4 is 10.4 Å². The standard InChI is InChI=1S/C15H12ClNO5S/c1-23(21,22)11-5-2-9(3-6-11)14(18)17-13-8-10(15(19)20)4-7-12(13)16/h2-8H,1H3,(H,17,18)(H,19,20)/p-1. The normalized spacial score (nSPS) is 11.0. The van der Waals surface area contributed by atoms with Gasteiger partial charge < -0.3 is 15.2 Å². The molecule has 0 spiro atoms. The number of carbonyl (C=O) groups excluding carboxylic acids is 2. The number of hydrogen-bond donors (Lipinski definition) is 1. The molecule has 2 aromatic carbocycles. The Labute approximate surface area is 137 Å². The predicted octanol–water partition coefficient (Wildman–Crippen LogP) is 1.36. The van der Waals surface area contributed by atoms with Crippen molar-refractivity contribution >= 4 is 39.0 Å². The summed E-state index contributed by atoms with van der Waals surface area (Å²) in [6, 6.07) is 9.08. The molecule has 0 saturated heterocycles. The Bertz CT molecular complexity index is 875. The third-order valence-corrected chi connectivity index (χ3v) is 4.45. The molecule has 2 rings (SSSR count). The van der Waals surface area contributed by atoms with E-state index in [4.69, 9.17) is 11.6 Å². The molecule has 0 bridgehead atoms. The van der Waals surface area contributed by atoms with Crippen LogP contribution in [0.4, 0.5) is 5.69 Å². The van der Waals surface area contributed by atoms with E-state index in [9.17, 15) is 23.1 Å². The quantitative estimate of drug-likeness (QED) is 0.894. The van der Waals surface area contributed by atoms with Crippen LogP contribution in [0.15, 0.2) is 47.4 Å². The van der Waals surface area contributed by atoms with Crippen molar-refractivity contribution in [2.24, 2.45) is 0 Å². The lowest BCUT2D eigenvalue weighted by atomic mass is 10.1. The molecule has 23 heavy (non-hydrogen) atoms. The van der Waals surface area contributed by atoms with Gasteiger partial charge >= 0.3 is 0 Å². The lowest BCUT2D eigenvalue weighted by molar-refractivity contribution is -0.255. The molecule has 120 valence electrons. The summed E-state index contributed by atoms with van der Waals surface area (Å²) >= 11 is 5.91. The third-order valence-electron chi connectivity index (χ3n) is 2.99. The van der Waals surface area contributed by atoms with E-state index in [1.54, 1.807) is 0 Å². The number of carbonyl (C=O) groups is 2. The van der Waals surface area contributed by atoms with E-state index >= 15 is 0 Å².